The molecule has 3 aromatic rings. The number of rotatable bonds is 7. The van der Waals surface area contributed by atoms with Crippen molar-refractivity contribution in [1.82, 2.24) is 35.1 Å². The van der Waals surface area contributed by atoms with Crippen LogP contribution in [0.3, 0.4) is 0 Å². The highest BCUT2D eigenvalue weighted by molar-refractivity contribution is 5.95. The number of aromatic amines is 2. The lowest BCUT2D eigenvalue weighted by atomic mass is 10.0. The van der Waals surface area contributed by atoms with Crippen LogP contribution >= 0.6 is 0 Å². The third-order valence-corrected chi connectivity index (χ3v) is 6.20. The molecule has 2 N–H and O–H groups in total. The minimum Gasteiger partial charge on any atom is -0.311 e. The number of carbonyl (C=O) groups excluding carboxylic acids is 1. The minimum atomic E-state index is -0.419. The van der Waals surface area contributed by atoms with Crippen molar-refractivity contribution in [1.29, 1.82) is 0 Å². The monoisotopic (exact) mass is 452 g/mol. The van der Waals surface area contributed by atoms with Gasteiger partial charge in [0, 0.05) is 37.5 Å². The topological polar surface area (TPSA) is 133 Å². The molecule has 1 saturated heterocycles. The first-order chi connectivity index (χ1) is 15.9. The quantitative estimate of drug-likeness (QED) is 0.536. The molecule has 1 fully saturated rings. The number of aryl methyl sites for hydroxylation is 1. The zero-order valence-corrected chi connectivity index (χ0v) is 18.8. The highest BCUT2D eigenvalue weighted by Crippen LogP contribution is 2.25. The summed E-state index contributed by atoms with van der Waals surface area (Å²) in [4.78, 5) is 43.3. The summed E-state index contributed by atoms with van der Waals surface area (Å²) >= 11 is 0. The Morgan fingerprint density at radius 2 is 2.09 bits per heavy atom. The number of hydrogen-bond donors (Lipinski definition) is 2. The molecule has 1 aliphatic heterocycles. The van der Waals surface area contributed by atoms with Crippen LogP contribution in [0.4, 0.5) is 5.69 Å². The molecule has 174 valence electrons. The Morgan fingerprint density at radius 1 is 1.24 bits per heavy atom. The van der Waals surface area contributed by atoms with Gasteiger partial charge in [-0.3, -0.25) is 24.0 Å². The van der Waals surface area contributed by atoms with Crippen LogP contribution in [0.15, 0.2) is 40.1 Å². The van der Waals surface area contributed by atoms with Crippen LogP contribution in [0.2, 0.25) is 0 Å². The number of hydrogen-bond acceptors (Lipinski definition) is 7. The number of likely N-dealkylation sites (tertiary alicyclic amines) is 1. The summed E-state index contributed by atoms with van der Waals surface area (Å²) in [6, 6.07) is 7.19. The van der Waals surface area contributed by atoms with Crippen molar-refractivity contribution in [3.05, 3.63) is 68.3 Å². The second-order valence-electron chi connectivity index (χ2n) is 8.39. The third kappa shape index (κ3) is 5.25. The molecule has 1 atom stereocenters. The van der Waals surface area contributed by atoms with Crippen LogP contribution in [-0.2, 0) is 11.2 Å². The van der Waals surface area contributed by atoms with E-state index in [1.54, 1.807) is 9.47 Å². The first-order valence-electron chi connectivity index (χ1n) is 11.0. The molecule has 11 heteroatoms. The Hall–Kier alpha value is -3.60. The lowest BCUT2D eigenvalue weighted by molar-refractivity contribution is -0.120. The second-order valence-corrected chi connectivity index (χ2v) is 8.39. The van der Waals surface area contributed by atoms with Gasteiger partial charge in [0.25, 0.3) is 5.56 Å². The molecule has 0 radical (unpaired) electrons. The van der Waals surface area contributed by atoms with Crippen molar-refractivity contribution in [3.8, 4) is 0 Å². The van der Waals surface area contributed by atoms with Crippen LogP contribution in [0.5, 0.6) is 0 Å². The number of piperidine rings is 1. The molecular weight excluding hydrogens is 424 g/mol. The van der Waals surface area contributed by atoms with Gasteiger partial charge in [0.2, 0.25) is 5.91 Å². The van der Waals surface area contributed by atoms with Crippen molar-refractivity contribution < 1.29 is 4.79 Å². The van der Waals surface area contributed by atoms with E-state index < -0.39 is 11.2 Å². The molecule has 1 aliphatic rings. The maximum absolute atomic E-state index is 13.5. The van der Waals surface area contributed by atoms with Crippen LogP contribution in [-0.4, -0.2) is 67.2 Å². The van der Waals surface area contributed by atoms with Crippen LogP contribution in [0.25, 0.3) is 0 Å². The fourth-order valence-corrected chi connectivity index (χ4v) is 4.30. The van der Waals surface area contributed by atoms with E-state index in [4.69, 9.17) is 0 Å². The molecule has 11 nitrogen and oxygen atoms in total. The van der Waals surface area contributed by atoms with E-state index >= 15 is 0 Å². The predicted octanol–water partition coefficient (Wildman–Crippen LogP) is 0.579. The fraction of sp³-hybridized carbons (Fsp3) is 0.455. The molecule has 3 heterocycles. The molecule has 0 saturated carbocycles. The number of benzene rings is 1. The molecular formula is C22H28N8O3. The zero-order valence-electron chi connectivity index (χ0n) is 18.8. The molecule has 0 aliphatic carbocycles. The summed E-state index contributed by atoms with van der Waals surface area (Å²) in [6.45, 7) is 6.03. The van der Waals surface area contributed by atoms with E-state index in [0.29, 0.717) is 25.3 Å². The normalized spacial score (nSPS) is 16.6. The molecule has 33 heavy (non-hydrogen) atoms. The average molecular weight is 453 g/mol. The Morgan fingerprint density at radius 3 is 2.85 bits per heavy atom. The van der Waals surface area contributed by atoms with E-state index in [1.807, 2.05) is 32.0 Å². The first-order valence-corrected chi connectivity index (χ1v) is 11.0. The van der Waals surface area contributed by atoms with Gasteiger partial charge < -0.3 is 4.90 Å². The maximum atomic E-state index is 13.5. The predicted molar refractivity (Wildman–Crippen MR) is 122 cm³/mol. The molecule has 1 unspecified atom stereocenters. The Labute approximate surface area is 190 Å². The van der Waals surface area contributed by atoms with Gasteiger partial charge in [-0.05, 0) is 50.4 Å². The van der Waals surface area contributed by atoms with Crippen molar-refractivity contribution in [2.45, 2.75) is 39.2 Å². The van der Waals surface area contributed by atoms with Crippen molar-refractivity contribution in [3.63, 3.8) is 0 Å². The summed E-state index contributed by atoms with van der Waals surface area (Å²) in [5, 5.41) is 14.0. The van der Waals surface area contributed by atoms with Gasteiger partial charge >= 0.3 is 5.69 Å². The van der Waals surface area contributed by atoms with Crippen molar-refractivity contribution in [2.75, 3.05) is 31.1 Å². The highest BCUT2D eigenvalue weighted by Gasteiger charge is 2.26. The summed E-state index contributed by atoms with van der Waals surface area (Å²) < 4.78 is 1.55. The Bertz CT molecular complexity index is 1220. The Balaban J connectivity index is 1.51. The summed E-state index contributed by atoms with van der Waals surface area (Å²) in [7, 11) is 0. The van der Waals surface area contributed by atoms with E-state index in [9.17, 15) is 14.4 Å². The number of amides is 1. The van der Waals surface area contributed by atoms with Crippen LogP contribution < -0.4 is 16.1 Å². The van der Waals surface area contributed by atoms with Gasteiger partial charge in [-0.15, -0.1) is 10.2 Å². The lowest BCUT2D eigenvalue weighted by Crippen LogP contribution is -2.47. The number of nitrogens with zero attached hydrogens (tertiary/aromatic N) is 6. The molecule has 0 spiro atoms. The minimum absolute atomic E-state index is 0.0262. The van der Waals surface area contributed by atoms with Gasteiger partial charge in [0.1, 0.15) is 0 Å². The van der Waals surface area contributed by atoms with Crippen LogP contribution in [0.1, 0.15) is 35.8 Å². The molecule has 1 amide bonds. The number of carbonyl (C=O) groups is 1. The van der Waals surface area contributed by atoms with Crippen molar-refractivity contribution in [2.24, 2.45) is 0 Å². The number of anilines is 1. The van der Waals surface area contributed by atoms with E-state index in [-0.39, 0.29) is 18.5 Å². The summed E-state index contributed by atoms with van der Waals surface area (Å²) in [5.41, 5.74) is 2.20. The average Bonchev–Trinajstić information content (AvgIpc) is 3.30. The van der Waals surface area contributed by atoms with E-state index in [1.165, 1.54) is 12.3 Å². The van der Waals surface area contributed by atoms with E-state index in [0.717, 1.165) is 36.2 Å². The summed E-state index contributed by atoms with van der Waals surface area (Å²) in [6.07, 6.45) is 3.68. The SMILES string of the molecule is Cc1cccc(N(CCc2nn[nH]n2)C(=O)CN2CCCC(n3ccc(=O)[nH]c3=O)C2)c1C. The van der Waals surface area contributed by atoms with Gasteiger partial charge in [0.05, 0.1) is 12.6 Å². The van der Waals surface area contributed by atoms with Gasteiger partial charge in [-0.2, -0.15) is 5.21 Å². The second kappa shape index (κ2) is 9.90. The first kappa shape index (κ1) is 22.6. The standard InChI is InChI=1S/C22H28N8O3/c1-15-5-3-7-18(16(15)2)30(11-8-19-24-26-27-25-19)21(32)14-28-10-4-6-17(13-28)29-12-9-20(31)23-22(29)33/h3,5,7,9,12,17H,4,6,8,10-11,13-14H2,1-2H3,(H,23,31,33)(H,24,25,26,27). The number of aromatic nitrogens is 6. The summed E-state index contributed by atoms with van der Waals surface area (Å²) in [5.74, 6) is 0.523. The smallest absolute Gasteiger partial charge is 0.311 e. The Kier molecular flexibility index (Phi) is 6.78. The van der Waals surface area contributed by atoms with Crippen molar-refractivity contribution >= 4 is 11.6 Å². The van der Waals surface area contributed by atoms with Gasteiger partial charge in [-0.1, -0.05) is 17.3 Å². The van der Waals surface area contributed by atoms with Gasteiger partial charge in [0.15, 0.2) is 5.82 Å². The van der Waals surface area contributed by atoms with E-state index in [2.05, 4.69) is 30.5 Å². The molecule has 0 bridgehead atoms. The fourth-order valence-electron chi connectivity index (χ4n) is 4.30. The highest BCUT2D eigenvalue weighted by atomic mass is 16.2. The maximum Gasteiger partial charge on any atom is 0.328 e. The number of H-pyrrole nitrogens is 2. The molecule has 1 aromatic carbocycles. The number of tetrazole rings is 1. The van der Waals surface area contributed by atoms with Crippen LogP contribution in [0, 0.1) is 13.8 Å². The largest absolute Gasteiger partial charge is 0.328 e. The third-order valence-electron chi connectivity index (χ3n) is 6.20. The molecule has 2 aromatic heterocycles. The molecule has 4 rings (SSSR count). The van der Waals surface area contributed by atoms with Gasteiger partial charge in [-0.25, -0.2) is 4.79 Å². The zero-order chi connectivity index (χ0) is 23.4. The number of nitrogens with one attached hydrogen (secondary N) is 2. The lowest BCUT2D eigenvalue weighted by Gasteiger charge is -2.34.